The number of Topliss-reactive ketones (excluding diaryl/α,β-unsaturated/α-hetero) is 1. The predicted octanol–water partition coefficient (Wildman–Crippen LogP) is 3.53. The molecule has 0 radical (unpaired) electrons. The number of nitrogens with zero attached hydrogens (tertiary/aromatic N) is 1. The minimum atomic E-state index is -3.15. The Morgan fingerprint density at radius 1 is 1.44 bits per heavy atom. The van der Waals surface area contributed by atoms with Gasteiger partial charge in [0.2, 0.25) is 0 Å². The fourth-order valence-corrected chi connectivity index (χ4v) is 4.06. The van der Waals surface area contributed by atoms with Crippen LogP contribution < -0.4 is 0 Å². The maximum Gasteiger partial charge on any atom is 0.168 e. The van der Waals surface area contributed by atoms with Crippen molar-refractivity contribution in [2.75, 3.05) is 12.4 Å². The lowest BCUT2D eigenvalue weighted by atomic mass is 9.82. The van der Waals surface area contributed by atoms with Crippen LogP contribution in [-0.2, 0) is 19.5 Å². The molecule has 0 aromatic carbocycles. The van der Waals surface area contributed by atoms with Crippen LogP contribution in [0.4, 0.5) is 0 Å². The highest BCUT2D eigenvalue weighted by molar-refractivity contribution is 7.91. The van der Waals surface area contributed by atoms with Crippen LogP contribution in [0.5, 0.6) is 0 Å². The Morgan fingerprint density at radius 3 is 2.64 bits per heavy atom. The van der Waals surface area contributed by atoms with Crippen LogP contribution in [0.25, 0.3) is 0 Å². The molecule has 0 aromatic rings. The van der Waals surface area contributed by atoms with E-state index in [1.54, 1.807) is 19.9 Å². The zero-order valence-corrected chi connectivity index (χ0v) is 16.4. The minimum absolute atomic E-state index is 0.0422. The van der Waals surface area contributed by atoms with E-state index in [1.807, 2.05) is 6.92 Å². The first-order valence-corrected chi connectivity index (χ1v) is 10.5. The van der Waals surface area contributed by atoms with Gasteiger partial charge in [-0.2, -0.15) is 0 Å². The Kier molecular flexibility index (Phi) is 8.65. The van der Waals surface area contributed by atoms with Crippen molar-refractivity contribution in [2.45, 2.75) is 51.7 Å². The van der Waals surface area contributed by atoms with Crippen molar-refractivity contribution in [3.8, 4) is 0 Å². The lowest BCUT2D eigenvalue weighted by molar-refractivity contribution is -0.116. The molecule has 0 spiro atoms. The fraction of sp³-hybridized carbons (Fsp3) is 0.647. The third kappa shape index (κ3) is 6.15. The van der Waals surface area contributed by atoms with Gasteiger partial charge >= 0.3 is 0 Å². The number of aliphatic hydroxyl groups excluding tert-OH is 1. The number of ketones is 1. The molecule has 0 aromatic heterocycles. The number of rotatable bonds is 9. The van der Waals surface area contributed by atoms with Gasteiger partial charge in [0.15, 0.2) is 15.6 Å². The normalized spacial score (nSPS) is 21.0. The highest BCUT2D eigenvalue weighted by Gasteiger charge is 2.33. The molecule has 1 unspecified atom stereocenters. The maximum absolute atomic E-state index is 12.5. The first-order valence-electron chi connectivity index (χ1n) is 8.38. The standard InChI is InChI=1S/C17H26ClNO5S/c1-4-14(19-24-8-6-7-18)17-15(20)10-13(11-16(17)21)9-12(3)25(22,23)5-2/h6-7,12-13,20H,4-5,8-11H2,1-3H3/b7-6+,19-14+/t12-,13?/m0/s1. The molecule has 0 fully saturated rings. The second-order valence-electron chi connectivity index (χ2n) is 6.07. The smallest absolute Gasteiger partial charge is 0.168 e. The van der Waals surface area contributed by atoms with Crippen molar-refractivity contribution < 1.29 is 23.2 Å². The summed E-state index contributed by atoms with van der Waals surface area (Å²) in [4.78, 5) is 17.5. The number of carbonyl (C=O) groups is 1. The topological polar surface area (TPSA) is 93.0 Å². The Labute approximate surface area is 154 Å². The number of carbonyl (C=O) groups excluding carboxylic acids is 1. The van der Waals surface area contributed by atoms with Gasteiger partial charge < -0.3 is 9.94 Å². The Bertz CT molecular complexity index is 667. The van der Waals surface area contributed by atoms with Crippen LogP contribution in [-0.4, -0.2) is 42.6 Å². The van der Waals surface area contributed by atoms with Gasteiger partial charge in [-0.1, -0.05) is 30.6 Å². The van der Waals surface area contributed by atoms with E-state index >= 15 is 0 Å². The monoisotopic (exact) mass is 391 g/mol. The summed E-state index contributed by atoms with van der Waals surface area (Å²) >= 11 is 5.39. The average molecular weight is 392 g/mol. The van der Waals surface area contributed by atoms with Gasteiger partial charge in [0.05, 0.1) is 16.5 Å². The summed E-state index contributed by atoms with van der Waals surface area (Å²) in [7, 11) is -3.15. The Hall–Kier alpha value is -1.34. The quantitative estimate of drug-likeness (QED) is 0.368. The van der Waals surface area contributed by atoms with E-state index in [0.717, 1.165) is 0 Å². The van der Waals surface area contributed by atoms with Gasteiger partial charge in [-0.25, -0.2) is 8.42 Å². The first-order chi connectivity index (χ1) is 11.8. The number of hydrogen-bond acceptors (Lipinski definition) is 6. The minimum Gasteiger partial charge on any atom is -0.511 e. The number of allylic oxidation sites excluding steroid dienone is 2. The van der Waals surface area contributed by atoms with E-state index in [1.165, 1.54) is 5.54 Å². The SMILES string of the molecule is CC/C(=N\OC/C=C/Cl)C1=C(O)CC(C[C@H](C)S(=O)(=O)CC)CC1=O. The highest BCUT2D eigenvalue weighted by atomic mass is 35.5. The molecule has 1 aliphatic rings. The van der Waals surface area contributed by atoms with Crippen LogP contribution in [0, 0.1) is 5.92 Å². The molecule has 0 amide bonds. The summed E-state index contributed by atoms with van der Waals surface area (Å²) in [5, 5.41) is 13.7. The summed E-state index contributed by atoms with van der Waals surface area (Å²) < 4.78 is 23.8. The van der Waals surface area contributed by atoms with Crippen LogP contribution in [0.15, 0.2) is 28.1 Å². The first kappa shape index (κ1) is 21.7. The molecule has 0 heterocycles. The predicted molar refractivity (Wildman–Crippen MR) is 99.6 cm³/mol. The second kappa shape index (κ2) is 9.97. The van der Waals surface area contributed by atoms with Crippen molar-refractivity contribution >= 4 is 32.9 Å². The van der Waals surface area contributed by atoms with E-state index < -0.39 is 15.1 Å². The zero-order chi connectivity index (χ0) is 19.0. The van der Waals surface area contributed by atoms with Crippen molar-refractivity contribution in [1.82, 2.24) is 0 Å². The van der Waals surface area contributed by atoms with Crippen molar-refractivity contribution in [2.24, 2.45) is 11.1 Å². The van der Waals surface area contributed by atoms with Gasteiger partial charge in [-0.15, -0.1) is 0 Å². The van der Waals surface area contributed by atoms with Crippen LogP contribution in [0.1, 0.15) is 46.5 Å². The molecule has 142 valence electrons. The molecular formula is C17H26ClNO5S. The molecule has 1 aliphatic carbocycles. The summed E-state index contributed by atoms with van der Waals surface area (Å²) in [6.07, 6.45) is 2.81. The highest BCUT2D eigenvalue weighted by Crippen LogP contribution is 2.31. The summed E-state index contributed by atoms with van der Waals surface area (Å²) in [6, 6.07) is 0. The van der Waals surface area contributed by atoms with Crippen LogP contribution in [0.2, 0.25) is 0 Å². The van der Waals surface area contributed by atoms with Gasteiger partial charge in [0.25, 0.3) is 0 Å². The van der Waals surface area contributed by atoms with E-state index in [9.17, 15) is 18.3 Å². The largest absolute Gasteiger partial charge is 0.511 e. The van der Waals surface area contributed by atoms with Crippen molar-refractivity contribution in [3.63, 3.8) is 0 Å². The molecule has 1 rings (SSSR count). The summed E-state index contributed by atoms with van der Waals surface area (Å²) in [6.45, 7) is 5.24. The molecule has 8 heteroatoms. The van der Waals surface area contributed by atoms with E-state index in [-0.39, 0.29) is 48.2 Å². The molecule has 0 saturated carbocycles. The number of sulfone groups is 1. The molecular weight excluding hydrogens is 366 g/mol. The Morgan fingerprint density at radius 2 is 2.12 bits per heavy atom. The maximum atomic E-state index is 12.5. The third-order valence-electron chi connectivity index (χ3n) is 4.26. The Balaban J connectivity index is 2.89. The average Bonchev–Trinajstić information content (AvgIpc) is 2.56. The van der Waals surface area contributed by atoms with E-state index in [2.05, 4.69) is 5.16 Å². The second-order valence-corrected chi connectivity index (χ2v) is 9.03. The lowest BCUT2D eigenvalue weighted by Gasteiger charge is -2.25. The summed E-state index contributed by atoms with van der Waals surface area (Å²) in [5.74, 6) is -0.389. The molecule has 0 bridgehead atoms. The van der Waals surface area contributed by atoms with Crippen LogP contribution in [0.3, 0.4) is 0 Å². The van der Waals surface area contributed by atoms with E-state index in [0.29, 0.717) is 18.6 Å². The molecule has 1 N–H and O–H groups in total. The van der Waals surface area contributed by atoms with Gasteiger partial charge in [0.1, 0.15) is 12.4 Å². The molecule has 2 atom stereocenters. The van der Waals surface area contributed by atoms with E-state index in [4.69, 9.17) is 16.4 Å². The molecule has 0 saturated heterocycles. The van der Waals surface area contributed by atoms with Crippen molar-refractivity contribution in [1.29, 1.82) is 0 Å². The van der Waals surface area contributed by atoms with Crippen LogP contribution >= 0.6 is 11.6 Å². The van der Waals surface area contributed by atoms with Gasteiger partial charge in [-0.3, -0.25) is 4.79 Å². The fourth-order valence-electron chi connectivity index (χ4n) is 2.85. The number of hydrogen-bond donors (Lipinski definition) is 1. The third-order valence-corrected chi connectivity index (χ3v) is 6.66. The van der Waals surface area contributed by atoms with Gasteiger partial charge in [0, 0.05) is 24.1 Å². The lowest BCUT2D eigenvalue weighted by Crippen LogP contribution is -2.29. The number of halogens is 1. The molecule has 25 heavy (non-hydrogen) atoms. The number of oxime groups is 1. The molecule has 6 nitrogen and oxygen atoms in total. The van der Waals surface area contributed by atoms with Crippen molar-refractivity contribution in [3.05, 3.63) is 22.9 Å². The zero-order valence-electron chi connectivity index (χ0n) is 14.9. The van der Waals surface area contributed by atoms with Gasteiger partial charge in [-0.05, 0) is 31.8 Å². The number of aliphatic hydroxyl groups is 1. The summed E-state index contributed by atoms with van der Waals surface area (Å²) in [5.41, 5.74) is 1.89. The molecule has 0 aliphatic heterocycles.